The fourth-order valence-electron chi connectivity index (χ4n) is 7.57. The van der Waals surface area contributed by atoms with Crippen molar-refractivity contribution in [1.29, 1.82) is 0 Å². The summed E-state index contributed by atoms with van der Waals surface area (Å²) in [5.41, 5.74) is 3.74. The van der Waals surface area contributed by atoms with E-state index in [0.717, 1.165) is 80.9 Å². The van der Waals surface area contributed by atoms with Gasteiger partial charge in [-0.15, -0.1) is 0 Å². The minimum atomic E-state index is -2.80. The van der Waals surface area contributed by atoms with Crippen LogP contribution in [0.3, 0.4) is 0 Å². The highest BCUT2D eigenvalue weighted by molar-refractivity contribution is 7.99. The maximum Gasteiger partial charge on any atom is 0.262 e. The predicted molar refractivity (Wildman–Crippen MR) is 163 cm³/mol. The minimum Gasteiger partial charge on any atom is -0.490 e. The molecule has 6 nitrogen and oxygen atoms in total. The fraction of sp³-hybridized carbons (Fsp3) is 0.562. The zero-order valence-electron chi connectivity index (χ0n) is 23.4. The summed E-state index contributed by atoms with van der Waals surface area (Å²) in [5.74, 6) is 5.40. The Morgan fingerprint density at radius 3 is 2.80 bits per heavy atom. The number of rotatable bonds is 0. The van der Waals surface area contributed by atoms with Gasteiger partial charge < -0.3 is 14.7 Å². The van der Waals surface area contributed by atoms with E-state index in [2.05, 4.69) is 27.6 Å². The van der Waals surface area contributed by atoms with E-state index < -0.39 is 9.71 Å². The van der Waals surface area contributed by atoms with Crippen molar-refractivity contribution in [3.63, 3.8) is 0 Å². The van der Waals surface area contributed by atoms with Gasteiger partial charge in [-0.2, -0.15) is 0 Å². The number of aryl methyl sites for hydroxylation is 1. The van der Waals surface area contributed by atoms with E-state index in [1.54, 1.807) is 6.07 Å². The molecule has 2 bridgehead atoms. The van der Waals surface area contributed by atoms with E-state index in [0.29, 0.717) is 23.8 Å². The molecule has 216 valence electrons. The molecular weight excluding hydrogens is 544 g/mol. The lowest BCUT2D eigenvalue weighted by Crippen LogP contribution is -2.49. The smallest absolute Gasteiger partial charge is 0.262 e. The summed E-state index contributed by atoms with van der Waals surface area (Å²) in [6, 6.07) is 11.8. The summed E-state index contributed by atoms with van der Waals surface area (Å²) >= 11 is 6.39. The van der Waals surface area contributed by atoms with Gasteiger partial charge in [0.25, 0.3) is 5.91 Å². The van der Waals surface area contributed by atoms with Crippen LogP contribution in [0.4, 0.5) is 5.69 Å². The highest BCUT2D eigenvalue weighted by atomic mass is 35.5. The molecular formula is C32H41ClN2O4S. The molecule has 1 amide bonds. The summed E-state index contributed by atoms with van der Waals surface area (Å²) in [4.78, 5) is 15.7. The summed E-state index contributed by atoms with van der Waals surface area (Å²) < 4.78 is 22.6. The molecule has 2 aliphatic carbocycles. The van der Waals surface area contributed by atoms with Crippen molar-refractivity contribution in [3.05, 3.63) is 58.1 Å². The van der Waals surface area contributed by atoms with Crippen LogP contribution in [0.15, 0.2) is 36.4 Å². The normalized spacial score (nSPS) is 34.5. The molecule has 6 atom stereocenters. The predicted octanol–water partition coefficient (Wildman–Crippen LogP) is 5.38. The number of anilines is 1. The summed E-state index contributed by atoms with van der Waals surface area (Å²) in [6.45, 7) is 4.17. The highest BCUT2D eigenvalue weighted by Gasteiger charge is 2.44. The maximum absolute atomic E-state index is 13.3. The SMILES string of the molecule is C=S1(=O)C[C@@H](C)CCC[C@H](O)[C@@H]2CC[C@H]2CN2C[C@@]3(CCCc4cc(Cl)ccc43)COc3ccc(cc32)C(=O)N1. The number of carbonyl (C=O) groups is 1. The van der Waals surface area contributed by atoms with Gasteiger partial charge in [0.1, 0.15) is 5.75 Å². The molecule has 2 N–H and O–H groups in total. The van der Waals surface area contributed by atoms with Crippen molar-refractivity contribution in [2.24, 2.45) is 17.8 Å². The fourth-order valence-corrected chi connectivity index (χ4v) is 9.39. The Labute approximate surface area is 243 Å². The Hall–Kier alpha value is -2.22. The number of nitrogens with zero attached hydrogens (tertiary/aromatic N) is 1. The van der Waals surface area contributed by atoms with E-state index in [1.807, 2.05) is 25.1 Å². The third kappa shape index (κ3) is 5.49. The first-order valence-corrected chi connectivity index (χ1v) is 17.1. The minimum absolute atomic E-state index is 0.142. The second-order valence-electron chi connectivity index (χ2n) is 12.8. The quantitative estimate of drug-likeness (QED) is 0.406. The van der Waals surface area contributed by atoms with Crippen molar-refractivity contribution in [2.75, 3.05) is 30.3 Å². The number of fused-ring (bicyclic) bond motifs is 4. The van der Waals surface area contributed by atoms with Crippen molar-refractivity contribution in [1.82, 2.24) is 4.72 Å². The molecule has 2 aromatic rings. The molecule has 1 unspecified atom stereocenters. The third-order valence-corrected chi connectivity index (χ3v) is 11.7. The van der Waals surface area contributed by atoms with Crippen LogP contribution in [-0.4, -0.2) is 52.6 Å². The van der Waals surface area contributed by atoms with Crippen LogP contribution in [-0.2, 0) is 21.5 Å². The summed E-state index contributed by atoms with van der Waals surface area (Å²) in [7, 11) is -2.80. The van der Waals surface area contributed by atoms with Gasteiger partial charge in [-0.1, -0.05) is 31.0 Å². The second kappa shape index (κ2) is 10.9. The Morgan fingerprint density at radius 2 is 2.00 bits per heavy atom. The zero-order valence-corrected chi connectivity index (χ0v) is 24.9. The van der Waals surface area contributed by atoms with Gasteiger partial charge in [0, 0.05) is 44.6 Å². The number of halogens is 1. The number of amides is 1. The van der Waals surface area contributed by atoms with E-state index in [-0.39, 0.29) is 29.3 Å². The molecule has 1 saturated carbocycles. The van der Waals surface area contributed by atoms with Crippen LogP contribution >= 0.6 is 11.6 Å². The van der Waals surface area contributed by atoms with Gasteiger partial charge in [-0.25, -0.2) is 4.21 Å². The molecule has 0 radical (unpaired) electrons. The Balaban J connectivity index is 1.40. The summed E-state index contributed by atoms with van der Waals surface area (Å²) in [6.07, 6.45) is 7.36. The molecule has 0 saturated heterocycles. The van der Waals surface area contributed by atoms with E-state index >= 15 is 0 Å². The first-order valence-electron chi connectivity index (χ1n) is 14.8. The molecule has 2 aromatic carbocycles. The zero-order chi connectivity index (χ0) is 28.1. The van der Waals surface area contributed by atoms with Crippen LogP contribution < -0.4 is 14.4 Å². The van der Waals surface area contributed by atoms with Crippen molar-refractivity contribution >= 4 is 38.8 Å². The van der Waals surface area contributed by atoms with Crippen molar-refractivity contribution in [3.8, 4) is 5.75 Å². The largest absolute Gasteiger partial charge is 0.490 e. The number of carbonyl (C=O) groups excluding carboxylic acids is 1. The number of ether oxygens (including phenoxy) is 1. The van der Waals surface area contributed by atoms with Gasteiger partial charge in [0.2, 0.25) is 0 Å². The molecule has 4 aliphatic rings. The number of benzene rings is 2. The maximum atomic E-state index is 13.3. The molecule has 0 aromatic heterocycles. The number of aliphatic hydroxyl groups excluding tert-OH is 1. The first-order chi connectivity index (χ1) is 19.1. The average Bonchev–Trinajstić information content (AvgIpc) is 3.02. The van der Waals surface area contributed by atoms with Gasteiger partial charge in [0.15, 0.2) is 0 Å². The Kier molecular flexibility index (Phi) is 7.60. The third-order valence-electron chi connectivity index (χ3n) is 9.75. The van der Waals surface area contributed by atoms with Crippen LogP contribution in [0.25, 0.3) is 0 Å². The molecule has 40 heavy (non-hydrogen) atoms. The number of hydrogen-bond donors (Lipinski definition) is 2. The highest BCUT2D eigenvalue weighted by Crippen LogP contribution is 2.47. The van der Waals surface area contributed by atoms with Crippen molar-refractivity contribution < 1.29 is 18.8 Å². The van der Waals surface area contributed by atoms with E-state index in [9.17, 15) is 14.1 Å². The van der Waals surface area contributed by atoms with Crippen LogP contribution in [0.5, 0.6) is 5.75 Å². The molecule has 8 heteroatoms. The Morgan fingerprint density at radius 1 is 1.15 bits per heavy atom. The lowest BCUT2D eigenvalue weighted by atomic mass is 9.68. The van der Waals surface area contributed by atoms with Gasteiger partial charge >= 0.3 is 0 Å². The molecule has 6 rings (SSSR count). The van der Waals surface area contributed by atoms with Gasteiger partial charge in [0.05, 0.1) is 18.4 Å². The van der Waals surface area contributed by atoms with Crippen molar-refractivity contribution in [2.45, 2.75) is 69.8 Å². The Bertz CT molecular complexity index is 1400. The first kappa shape index (κ1) is 27.9. The average molecular weight is 585 g/mol. The van der Waals surface area contributed by atoms with Crippen LogP contribution in [0.2, 0.25) is 5.02 Å². The molecule has 1 spiro atoms. The lowest BCUT2D eigenvalue weighted by Gasteiger charge is -2.45. The second-order valence-corrected chi connectivity index (χ2v) is 15.4. The number of hydrogen-bond acceptors (Lipinski definition) is 5. The lowest BCUT2D eigenvalue weighted by molar-refractivity contribution is 0.00868. The van der Waals surface area contributed by atoms with Crippen LogP contribution in [0, 0.1) is 17.8 Å². The monoisotopic (exact) mass is 584 g/mol. The number of nitrogens with one attached hydrogen (secondary N) is 1. The number of aliphatic hydroxyl groups is 1. The van der Waals surface area contributed by atoms with Gasteiger partial charge in [-0.05, 0) is 110 Å². The van der Waals surface area contributed by atoms with Crippen LogP contribution in [0.1, 0.15) is 73.4 Å². The van der Waals surface area contributed by atoms with Gasteiger partial charge in [-0.3, -0.25) is 9.52 Å². The summed E-state index contributed by atoms with van der Waals surface area (Å²) in [5, 5.41) is 11.9. The van der Waals surface area contributed by atoms with E-state index in [1.165, 1.54) is 11.1 Å². The topological polar surface area (TPSA) is 78.9 Å². The molecule has 2 aliphatic heterocycles. The standard InChI is InChI=1S/C32H41ClN2O4S/c1-21-5-3-7-29(36)26-11-8-24(26)17-35-19-32(14-4-6-22-15-25(33)10-12-27(22)32)20-39-30-13-9-23(16-28(30)35)31(37)34-40(2,38)18-21/h9-10,12-13,15-16,21,24,26,29,36H,2-8,11,14,17-20H2,1H3,(H,34,37,38)/t21-,24-,26+,29-,32-,40?/m0/s1. The molecule has 2 heterocycles. The molecule has 1 fully saturated rings. The van der Waals surface area contributed by atoms with E-state index in [4.69, 9.17) is 16.3 Å².